The molecule has 0 radical (unpaired) electrons. The van der Waals surface area contributed by atoms with Crippen molar-refractivity contribution in [2.75, 3.05) is 0 Å². The fourth-order valence-corrected chi connectivity index (χ4v) is 3.56. The van der Waals surface area contributed by atoms with Crippen molar-refractivity contribution in [2.24, 2.45) is 0 Å². The molecule has 3 rings (SSSR count). The molecule has 1 aromatic rings. The Labute approximate surface area is 129 Å². The minimum absolute atomic E-state index is 0.0407. The van der Waals surface area contributed by atoms with E-state index in [1.807, 2.05) is 32.9 Å². The van der Waals surface area contributed by atoms with Crippen molar-refractivity contribution in [1.82, 2.24) is 5.32 Å². The lowest BCUT2D eigenvalue weighted by Crippen LogP contribution is -2.50. The zero-order chi connectivity index (χ0) is 16.2. The van der Waals surface area contributed by atoms with Gasteiger partial charge in [0.25, 0.3) is 0 Å². The average Bonchev–Trinajstić information content (AvgIpc) is 2.85. The molecule has 2 unspecified atom stereocenters. The first kappa shape index (κ1) is 14.9. The van der Waals surface area contributed by atoms with E-state index < -0.39 is 11.6 Å². The standard InChI is InChI=1S/C17H21NO4/c1-15(2,3)22-14(21)18-17-9-8-16(17,10-17)12-6-4-11(5-7-12)13(19)20/h4-7H,8-10H2,1-3H3,(H,18,21)(H,19,20). The van der Waals surface area contributed by atoms with Gasteiger partial charge in [0, 0.05) is 5.41 Å². The van der Waals surface area contributed by atoms with Crippen molar-refractivity contribution in [1.29, 1.82) is 0 Å². The van der Waals surface area contributed by atoms with Crippen LogP contribution < -0.4 is 5.32 Å². The molecule has 118 valence electrons. The number of carboxylic acid groups (broad SMARTS) is 1. The first-order valence-electron chi connectivity index (χ1n) is 7.53. The third-order valence-electron chi connectivity index (χ3n) is 4.80. The number of alkyl carbamates (subject to hydrolysis) is 1. The van der Waals surface area contributed by atoms with E-state index in [2.05, 4.69) is 5.32 Å². The van der Waals surface area contributed by atoms with Gasteiger partial charge in [0.05, 0.1) is 11.1 Å². The van der Waals surface area contributed by atoms with E-state index in [0.29, 0.717) is 0 Å². The molecule has 2 aliphatic carbocycles. The van der Waals surface area contributed by atoms with Crippen molar-refractivity contribution in [3.05, 3.63) is 35.4 Å². The van der Waals surface area contributed by atoms with E-state index in [0.717, 1.165) is 24.8 Å². The highest BCUT2D eigenvalue weighted by atomic mass is 16.6. The molecule has 2 fully saturated rings. The van der Waals surface area contributed by atoms with E-state index in [-0.39, 0.29) is 22.6 Å². The summed E-state index contributed by atoms with van der Waals surface area (Å²) in [5, 5.41) is 12.0. The molecule has 0 saturated heterocycles. The van der Waals surface area contributed by atoms with Crippen molar-refractivity contribution in [2.45, 2.75) is 56.6 Å². The number of carbonyl (C=O) groups excluding carboxylic acids is 1. The Morgan fingerprint density at radius 3 is 2.27 bits per heavy atom. The predicted octanol–water partition coefficient (Wildman–Crippen LogP) is 3.08. The summed E-state index contributed by atoms with van der Waals surface area (Å²) in [5.41, 5.74) is 0.622. The van der Waals surface area contributed by atoms with Crippen molar-refractivity contribution >= 4 is 12.1 Å². The zero-order valence-electron chi connectivity index (χ0n) is 13.1. The van der Waals surface area contributed by atoms with Crippen LogP contribution in [0, 0.1) is 0 Å². The Morgan fingerprint density at radius 1 is 1.18 bits per heavy atom. The topological polar surface area (TPSA) is 75.6 Å². The highest BCUT2D eigenvalue weighted by Crippen LogP contribution is 2.71. The molecule has 22 heavy (non-hydrogen) atoms. The Morgan fingerprint density at radius 2 is 1.82 bits per heavy atom. The van der Waals surface area contributed by atoms with Crippen molar-refractivity contribution < 1.29 is 19.4 Å². The van der Waals surface area contributed by atoms with Crippen LogP contribution in [0.1, 0.15) is 56.0 Å². The van der Waals surface area contributed by atoms with Crippen LogP contribution in [-0.4, -0.2) is 28.3 Å². The molecule has 1 aromatic carbocycles. The normalized spacial score (nSPS) is 29.0. The highest BCUT2D eigenvalue weighted by Gasteiger charge is 2.75. The fraction of sp³-hybridized carbons (Fsp3) is 0.529. The van der Waals surface area contributed by atoms with Crippen LogP contribution in [-0.2, 0) is 10.2 Å². The van der Waals surface area contributed by atoms with Crippen LogP contribution in [0.3, 0.4) is 0 Å². The van der Waals surface area contributed by atoms with Crippen LogP contribution in [0.25, 0.3) is 0 Å². The van der Waals surface area contributed by atoms with Crippen molar-refractivity contribution in [3.8, 4) is 0 Å². The largest absolute Gasteiger partial charge is 0.478 e. The molecule has 0 aromatic heterocycles. The van der Waals surface area contributed by atoms with Gasteiger partial charge in [-0.3, -0.25) is 0 Å². The number of carboxylic acids is 1. The fourth-order valence-electron chi connectivity index (χ4n) is 3.56. The van der Waals surface area contributed by atoms with Gasteiger partial charge in [0.15, 0.2) is 0 Å². The molecule has 0 spiro atoms. The number of aromatic carboxylic acids is 1. The van der Waals surface area contributed by atoms with Gasteiger partial charge in [-0.25, -0.2) is 9.59 Å². The molecular formula is C17H21NO4. The summed E-state index contributed by atoms with van der Waals surface area (Å²) >= 11 is 0. The molecule has 5 heteroatoms. The molecule has 5 nitrogen and oxygen atoms in total. The average molecular weight is 303 g/mol. The van der Waals surface area contributed by atoms with Crippen LogP contribution >= 0.6 is 0 Å². The first-order valence-corrected chi connectivity index (χ1v) is 7.53. The maximum atomic E-state index is 12.0. The summed E-state index contributed by atoms with van der Waals surface area (Å²) in [7, 11) is 0. The van der Waals surface area contributed by atoms with E-state index >= 15 is 0 Å². The number of nitrogens with one attached hydrogen (secondary N) is 1. The van der Waals surface area contributed by atoms with Crippen LogP contribution in [0.4, 0.5) is 4.79 Å². The predicted molar refractivity (Wildman–Crippen MR) is 81.0 cm³/mol. The van der Waals surface area contributed by atoms with Gasteiger partial charge in [-0.1, -0.05) is 12.1 Å². The summed E-state index contributed by atoms with van der Waals surface area (Å²) in [4.78, 5) is 22.9. The maximum absolute atomic E-state index is 12.0. The van der Waals surface area contributed by atoms with Crippen LogP contribution in [0.15, 0.2) is 24.3 Å². The molecule has 0 heterocycles. The lowest BCUT2D eigenvalue weighted by molar-refractivity contribution is 0.0458. The summed E-state index contributed by atoms with van der Waals surface area (Å²) in [6, 6.07) is 6.98. The number of benzene rings is 1. The lowest BCUT2D eigenvalue weighted by atomic mass is 9.74. The molecule has 2 N–H and O–H groups in total. The number of hydrogen-bond acceptors (Lipinski definition) is 3. The van der Waals surface area contributed by atoms with Gasteiger partial charge in [0.2, 0.25) is 0 Å². The van der Waals surface area contributed by atoms with E-state index in [1.54, 1.807) is 12.1 Å². The van der Waals surface area contributed by atoms with Gasteiger partial charge in [-0.15, -0.1) is 0 Å². The minimum atomic E-state index is -0.924. The Balaban J connectivity index is 1.72. The smallest absolute Gasteiger partial charge is 0.408 e. The summed E-state index contributed by atoms with van der Waals surface area (Å²) in [6.07, 6.45) is 2.46. The monoisotopic (exact) mass is 303 g/mol. The minimum Gasteiger partial charge on any atom is -0.478 e. The number of hydrogen-bond donors (Lipinski definition) is 2. The lowest BCUT2D eigenvalue weighted by Gasteiger charge is -2.37. The first-order chi connectivity index (χ1) is 10.2. The van der Waals surface area contributed by atoms with E-state index in [1.165, 1.54) is 0 Å². The number of fused-ring (bicyclic) bond motifs is 1. The second-order valence-electron chi connectivity index (χ2n) is 7.35. The number of amides is 1. The second-order valence-corrected chi connectivity index (χ2v) is 7.35. The quantitative estimate of drug-likeness (QED) is 0.899. The van der Waals surface area contributed by atoms with Gasteiger partial charge >= 0.3 is 12.1 Å². The van der Waals surface area contributed by atoms with E-state index in [4.69, 9.17) is 9.84 Å². The maximum Gasteiger partial charge on any atom is 0.408 e. The number of ether oxygens (including phenoxy) is 1. The molecule has 2 saturated carbocycles. The van der Waals surface area contributed by atoms with Crippen LogP contribution in [0.2, 0.25) is 0 Å². The third kappa shape index (κ3) is 2.25. The molecule has 2 atom stereocenters. The SMILES string of the molecule is CC(C)(C)OC(=O)NC12CCC1(c1ccc(C(=O)O)cc1)C2. The molecule has 1 amide bonds. The molecular weight excluding hydrogens is 282 g/mol. The van der Waals surface area contributed by atoms with Crippen LogP contribution in [0.5, 0.6) is 0 Å². The third-order valence-corrected chi connectivity index (χ3v) is 4.80. The number of carbonyl (C=O) groups is 2. The van der Waals surface area contributed by atoms with Gasteiger partial charge in [0.1, 0.15) is 5.60 Å². The Hall–Kier alpha value is -2.04. The molecule has 0 aliphatic heterocycles. The zero-order valence-corrected chi connectivity index (χ0v) is 13.1. The Bertz CT molecular complexity index is 631. The van der Waals surface area contributed by atoms with Gasteiger partial charge in [-0.2, -0.15) is 0 Å². The second kappa shape index (κ2) is 4.48. The number of rotatable bonds is 3. The highest BCUT2D eigenvalue weighted by molar-refractivity contribution is 5.87. The molecule has 0 bridgehead atoms. The van der Waals surface area contributed by atoms with Crippen molar-refractivity contribution in [3.63, 3.8) is 0 Å². The summed E-state index contributed by atoms with van der Waals surface area (Å²) in [6.45, 7) is 5.53. The summed E-state index contributed by atoms with van der Waals surface area (Å²) in [5.74, 6) is -0.924. The molecule has 2 aliphatic rings. The summed E-state index contributed by atoms with van der Waals surface area (Å²) < 4.78 is 5.34. The Kier molecular flexibility index (Phi) is 3.03. The van der Waals surface area contributed by atoms with E-state index in [9.17, 15) is 9.59 Å². The van der Waals surface area contributed by atoms with Gasteiger partial charge in [-0.05, 0) is 57.7 Å². The van der Waals surface area contributed by atoms with Gasteiger partial charge < -0.3 is 15.2 Å².